The highest BCUT2D eigenvalue weighted by molar-refractivity contribution is 7.81. The topological polar surface area (TPSA) is 88.8 Å². The van der Waals surface area contributed by atoms with Crippen molar-refractivity contribution in [3.63, 3.8) is 0 Å². The first-order valence-electron chi connectivity index (χ1n) is 11.1. The van der Waals surface area contributed by atoms with Crippen LogP contribution in [0.15, 0.2) is 36.4 Å². The van der Waals surface area contributed by atoms with Gasteiger partial charge in [0.05, 0.1) is 41.7 Å². The molecule has 1 atom stereocenters. The third-order valence-corrected chi connectivity index (χ3v) is 7.13. The number of nitrogens with one attached hydrogen (secondary N) is 1. The Morgan fingerprint density at radius 3 is 2.57 bits per heavy atom. The van der Waals surface area contributed by atoms with Gasteiger partial charge in [0.15, 0.2) is 5.11 Å². The molecule has 1 saturated carbocycles. The van der Waals surface area contributed by atoms with Gasteiger partial charge in [0.25, 0.3) is 5.91 Å². The zero-order chi connectivity index (χ0) is 25.0. The molecular formula is C24H21F3N4O3S. The number of carbonyl (C=O) groups excluding carboxylic acids is 1. The van der Waals surface area contributed by atoms with Crippen LogP contribution in [0.4, 0.5) is 30.2 Å². The lowest BCUT2D eigenvalue weighted by molar-refractivity contribution is -0.137. The second kappa shape index (κ2) is 8.39. The van der Waals surface area contributed by atoms with E-state index < -0.39 is 22.8 Å². The average molecular weight is 503 g/mol. The van der Waals surface area contributed by atoms with Gasteiger partial charge in [-0.25, -0.2) is 0 Å². The highest BCUT2D eigenvalue weighted by Crippen LogP contribution is 2.48. The van der Waals surface area contributed by atoms with Gasteiger partial charge < -0.3 is 20.1 Å². The lowest BCUT2D eigenvalue weighted by Crippen LogP contribution is -2.47. The molecule has 0 aromatic heterocycles. The Morgan fingerprint density at radius 1 is 1.20 bits per heavy atom. The van der Waals surface area contributed by atoms with E-state index in [1.807, 2.05) is 0 Å². The van der Waals surface area contributed by atoms with Crippen molar-refractivity contribution in [2.75, 3.05) is 28.3 Å². The van der Waals surface area contributed by atoms with Crippen LogP contribution in [-0.2, 0) is 11.0 Å². The number of amides is 1. The zero-order valence-electron chi connectivity index (χ0n) is 18.4. The van der Waals surface area contributed by atoms with Gasteiger partial charge in [-0.15, -0.1) is 0 Å². The monoisotopic (exact) mass is 502 g/mol. The number of benzene rings is 2. The van der Waals surface area contributed by atoms with E-state index in [4.69, 9.17) is 22.2 Å². The highest BCUT2D eigenvalue weighted by atomic mass is 32.1. The Kier molecular flexibility index (Phi) is 5.61. The molecule has 11 heteroatoms. The first-order chi connectivity index (χ1) is 16.7. The summed E-state index contributed by atoms with van der Waals surface area (Å²) < 4.78 is 46.6. The SMILES string of the molecule is N#Cc1ccc(N2C(=O)C3(CCCC3)N(c3ccc4c(c3)NC[C@H](CO)O4)C2=S)cc1C(F)(F)F. The summed E-state index contributed by atoms with van der Waals surface area (Å²) in [7, 11) is 0. The number of halogens is 3. The van der Waals surface area contributed by atoms with Crippen LogP contribution in [0.5, 0.6) is 5.75 Å². The first kappa shape index (κ1) is 23.4. The lowest BCUT2D eigenvalue weighted by Gasteiger charge is -2.34. The maximum absolute atomic E-state index is 13.8. The number of alkyl halides is 3. The Hall–Kier alpha value is -3.36. The summed E-state index contributed by atoms with van der Waals surface area (Å²) in [6.07, 6.45) is -2.54. The Balaban J connectivity index is 1.58. The van der Waals surface area contributed by atoms with Crippen LogP contribution in [0.2, 0.25) is 0 Å². The van der Waals surface area contributed by atoms with Gasteiger partial charge in [-0.2, -0.15) is 18.4 Å². The fraction of sp³-hybridized carbons (Fsp3) is 0.375. The summed E-state index contributed by atoms with van der Waals surface area (Å²) in [4.78, 5) is 16.7. The van der Waals surface area contributed by atoms with Crippen molar-refractivity contribution in [3.8, 4) is 11.8 Å². The number of nitrogens with zero attached hydrogens (tertiary/aromatic N) is 3. The third kappa shape index (κ3) is 3.68. The Labute approximate surface area is 204 Å². The minimum atomic E-state index is -4.76. The summed E-state index contributed by atoms with van der Waals surface area (Å²) in [5, 5.41) is 21.8. The van der Waals surface area contributed by atoms with Crippen LogP contribution >= 0.6 is 12.2 Å². The van der Waals surface area contributed by atoms with Crippen molar-refractivity contribution in [3.05, 3.63) is 47.5 Å². The van der Waals surface area contributed by atoms with E-state index in [0.717, 1.165) is 29.9 Å². The second-order valence-electron chi connectivity index (χ2n) is 8.82. The molecule has 2 aliphatic heterocycles. The molecule has 182 valence electrons. The van der Waals surface area contributed by atoms with E-state index in [1.165, 1.54) is 6.07 Å². The number of rotatable bonds is 3. The maximum atomic E-state index is 13.8. The van der Waals surface area contributed by atoms with E-state index in [2.05, 4.69) is 5.32 Å². The smallest absolute Gasteiger partial charge is 0.417 e. The molecule has 1 saturated heterocycles. The maximum Gasteiger partial charge on any atom is 0.417 e. The molecule has 3 aliphatic rings. The Bertz CT molecular complexity index is 1250. The van der Waals surface area contributed by atoms with Crippen LogP contribution < -0.4 is 19.9 Å². The number of hydrogen-bond acceptors (Lipinski definition) is 6. The van der Waals surface area contributed by atoms with E-state index in [1.54, 1.807) is 29.2 Å². The van der Waals surface area contributed by atoms with Gasteiger partial charge in [0.1, 0.15) is 17.4 Å². The molecule has 1 aliphatic carbocycles. The molecule has 1 amide bonds. The molecule has 35 heavy (non-hydrogen) atoms. The van der Waals surface area contributed by atoms with E-state index in [9.17, 15) is 23.1 Å². The number of thiocarbonyl (C=S) groups is 1. The molecule has 2 aromatic carbocycles. The molecule has 2 fully saturated rings. The first-order valence-corrected chi connectivity index (χ1v) is 11.6. The molecule has 1 spiro atoms. The largest absolute Gasteiger partial charge is 0.484 e. The summed E-state index contributed by atoms with van der Waals surface area (Å²) in [6.45, 7) is 0.264. The zero-order valence-corrected chi connectivity index (χ0v) is 19.2. The quantitative estimate of drug-likeness (QED) is 0.609. The number of anilines is 3. The molecule has 0 radical (unpaired) electrons. The number of aliphatic hydroxyl groups excluding tert-OH is 1. The van der Waals surface area contributed by atoms with Gasteiger partial charge in [0.2, 0.25) is 0 Å². The average Bonchev–Trinajstić information content (AvgIpc) is 3.41. The van der Waals surface area contributed by atoms with E-state index in [-0.39, 0.29) is 29.4 Å². The summed E-state index contributed by atoms with van der Waals surface area (Å²) >= 11 is 5.70. The van der Waals surface area contributed by atoms with Gasteiger partial charge in [-0.05, 0) is 61.5 Å². The summed E-state index contributed by atoms with van der Waals surface area (Å²) in [5.41, 5.74) is -1.36. The van der Waals surface area contributed by atoms with Crippen LogP contribution in [-0.4, -0.2) is 40.9 Å². The fourth-order valence-corrected chi connectivity index (χ4v) is 5.57. The molecular weight excluding hydrogens is 481 g/mol. The Morgan fingerprint density at radius 2 is 1.91 bits per heavy atom. The van der Waals surface area contributed by atoms with Gasteiger partial charge in [-0.3, -0.25) is 9.69 Å². The van der Waals surface area contributed by atoms with Crippen molar-refractivity contribution in [1.82, 2.24) is 0 Å². The molecule has 2 aromatic rings. The van der Waals surface area contributed by atoms with Crippen molar-refractivity contribution >= 4 is 40.3 Å². The fourth-order valence-electron chi connectivity index (χ4n) is 5.10. The molecule has 0 bridgehead atoms. The molecule has 0 unspecified atom stereocenters. The second-order valence-corrected chi connectivity index (χ2v) is 9.19. The third-order valence-electron chi connectivity index (χ3n) is 6.77. The van der Waals surface area contributed by atoms with Gasteiger partial charge in [-0.1, -0.05) is 12.8 Å². The molecule has 2 N–H and O–H groups in total. The number of ether oxygens (including phenoxy) is 1. The van der Waals surface area contributed by atoms with Crippen LogP contribution in [0.1, 0.15) is 36.8 Å². The summed E-state index contributed by atoms with van der Waals surface area (Å²) in [5.74, 6) is 0.176. The lowest BCUT2D eigenvalue weighted by atomic mass is 9.94. The highest BCUT2D eigenvalue weighted by Gasteiger charge is 2.57. The number of carbonyl (C=O) groups is 1. The number of nitriles is 1. The van der Waals surface area contributed by atoms with Crippen LogP contribution in [0, 0.1) is 11.3 Å². The predicted octanol–water partition coefficient (Wildman–Crippen LogP) is 4.19. The number of aliphatic hydroxyl groups is 1. The summed E-state index contributed by atoms with van der Waals surface area (Å²) in [6, 6.07) is 10.0. The molecule has 5 rings (SSSR count). The minimum absolute atomic E-state index is 0.0229. The van der Waals surface area contributed by atoms with E-state index in [0.29, 0.717) is 36.5 Å². The van der Waals surface area contributed by atoms with Crippen molar-refractivity contribution in [2.24, 2.45) is 0 Å². The van der Waals surface area contributed by atoms with Gasteiger partial charge >= 0.3 is 6.18 Å². The minimum Gasteiger partial charge on any atom is -0.484 e. The van der Waals surface area contributed by atoms with Crippen LogP contribution in [0.25, 0.3) is 0 Å². The van der Waals surface area contributed by atoms with Crippen molar-refractivity contribution in [2.45, 2.75) is 43.5 Å². The predicted molar refractivity (Wildman–Crippen MR) is 126 cm³/mol. The van der Waals surface area contributed by atoms with Crippen molar-refractivity contribution in [1.29, 1.82) is 5.26 Å². The number of hydrogen-bond donors (Lipinski definition) is 2. The molecule has 2 heterocycles. The normalized spacial score (nSPS) is 21.1. The van der Waals surface area contributed by atoms with E-state index >= 15 is 0 Å². The molecule has 7 nitrogen and oxygen atoms in total. The van der Waals surface area contributed by atoms with Gasteiger partial charge in [0, 0.05) is 5.69 Å². The number of fused-ring (bicyclic) bond motifs is 1. The standard InChI is InChI=1S/C24H21F3N4O3S/c25-24(26,27)18-9-15(4-3-14(18)11-28)30-21(33)23(7-1-2-8-23)31(22(30)35)16-5-6-20-19(10-16)29-12-17(13-32)34-20/h3-6,9-10,17,29,32H,1-2,7-8,12-13H2/t17-/m1/s1. The van der Waals surface area contributed by atoms with Crippen molar-refractivity contribution < 1.29 is 27.8 Å². The van der Waals surface area contributed by atoms with Crippen LogP contribution in [0.3, 0.4) is 0 Å².